The van der Waals surface area contributed by atoms with Gasteiger partial charge in [-0.3, -0.25) is 4.98 Å². The maximum Gasteiger partial charge on any atom is 0.334 e. The second kappa shape index (κ2) is 11.0. The molecule has 0 bridgehead atoms. The number of hydrogen-bond donors (Lipinski definition) is 1. The van der Waals surface area contributed by atoms with Crippen LogP contribution in [-0.4, -0.2) is 32.1 Å². The number of carbonyl (C=O) groups is 1. The minimum absolute atomic E-state index is 0.235. The minimum Gasteiger partial charge on any atom is -0.478 e. The molecule has 1 N–H and O–H groups in total. The lowest BCUT2D eigenvalue weighted by Crippen LogP contribution is -2.34. The van der Waals surface area contributed by atoms with E-state index in [2.05, 4.69) is 22.0 Å². The van der Waals surface area contributed by atoms with Crippen LogP contribution in [0.5, 0.6) is 0 Å². The van der Waals surface area contributed by atoms with E-state index in [1.54, 1.807) is 42.2 Å². The van der Waals surface area contributed by atoms with Crippen LogP contribution in [0.25, 0.3) is 11.3 Å². The summed E-state index contributed by atoms with van der Waals surface area (Å²) in [7, 11) is 0. The second-order valence-electron chi connectivity index (χ2n) is 7.81. The van der Waals surface area contributed by atoms with Gasteiger partial charge in [0.1, 0.15) is 11.2 Å². The molecule has 4 rings (SSSR count). The number of allylic oxidation sites excluding steroid dienone is 2. The number of thioether (sulfide) groups is 1. The molecule has 0 aliphatic carbocycles. The van der Waals surface area contributed by atoms with E-state index in [0.717, 1.165) is 41.0 Å². The topological polar surface area (TPSA) is 53.4 Å². The first-order chi connectivity index (χ1) is 16.1. The van der Waals surface area contributed by atoms with E-state index in [1.165, 1.54) is 12.1 Å². The maximum absolute atomic E-state index is 13.1. The average molecular weight is 461 g/mol. The van der Waals surface area contributed by atoms with Gasteiger partial charge >= 0.3 is 5.97 Å². The molecule has 1 aromatic heterocycles. The molecule has 2 aromatic carbocycles. The monoisotopic (exact) mass is 460 g/mol. The molecule has 1 atom stereocenters. The number of halogens is 1. The third kappa shape index (κ3) is 6.11. The number of carboxylic acid groups (broad SMARTS) is 1. The molecule has 1 aliphatic rings. The molecule has 0 amide bonds. The van der Waals surface area contributed by atoms with Crippen molar-refractivity contribution in [2.24, 2.45) is 0 Å². The number of aliphatic carboxylic acids is 1. The molecule has 4 nitrogen and oxygen atoms in total. The van der Waals surface area contributed by atoms with Gasteiger partial charge in [-0.05, 0) is 72.2 Å². The molecular weight excluding hydrogens is 435 g/mol. The number of hydrogen-bond acceptors (Lipinski definition) is 4. The van der Waals surface area contributed by atoms with E-state index >= 15 is 0 Å². The van der Waals surface area contributed by atoms with Crippen LogP contribution in [0, 0.1) is 5.82 Å². The smallest absolute Gasteiger partial charge is 0.334 e. The zero-order chi connectivity index (χ0) is 23.0. The lowest BCUT2D eigenvalue weighted by molar-refractivity contribution is -0.133. The van der Waals surface area contributed by atoms with Crippen molar-refractivity contribution in [2.75, 3.05) is 5.75 Å². The van der Waals surface area contributed by atoms with Crippen molar-refractivity contribution >= 4 is 17.7 Å². The highest BCUT2D eigenvalue weighted by atomic mass is 32.2. The first-order valence-electron chi connectivity index (χ1n) is 10.8. The minimum atomic E-state index is -0.900. The molecule has 1 unspecified atom stereocenters. The van der Waals surface area contributed by atoms with E-state index in [9.17, 15) is 14.3 Å². The number of nitrogens with zero attached hydrogens (tertiary/aromatic N) is 2. The number of benzene rings is 2. The predicted molar refractivity (Wildman–Crippen MR) is 131 cm³/mol. The Labute approximate surface area is 197 Å². The Kier molecular flexibility index (Phi) is 7.58. The van der Waals surface area contributed by atoms with Gasteiger partial charge in [-0.1, -0.05) is 36.4 Å². The fraction of sp³-hybridized carbons (Fsp3) is 0.185. The van der Waals surface area contributed by atoms with Gasteiger partial charge in [0.15, 0.2) is 0 Å². The fourth-order valence-electron chi connectivity index (χ4n) is 3.79. The number of carboxylic acids is 1. The predicted octanol–water partition coefficient (Wildman–Crippen LogP) is 5.92. The zero-order valence-corrected chi connectivity index (χ0v) is 18.9. The summed E-state index contributed by atoms with van der Waals surface area (Å²) < 4.78 is 13.1. The molecule has 0 radical (unpaired) electrons. The first-order valence-corrected chi connectivity index (χ1v) is 11.9. The van der Waals surface area contributed by atoms with Crippen molar-refractivity contribution < 1.29 is 14.3 Å². The quantitative estimate of drug-likeness (QED) is 0.402. The summed E-state index contributed by atoms with van der Waals surface area (Å²) in [5, 5.41) is 9.48. The Balaban J connectivity index is 1.43. The van der Waals surface area contributed by atoms with Gasteiger partial charge in [0.05, 0.1) is 11.3 Å². The van der Waals surface area contributed by atoms with Crippen molar-refractivity contribution in [3.8, 4) is 11.3 Å². The van der Waals surface area contributed by atoms with Crippen LogP contribution in [0.2, 0.25) is 0 Å². The Bertz CT molecular complexity index is 1150. The summed E-state index contributed by atoms with van der Waals surface area (Å²) in [6.07, 6.45) is 8.92. The normalized spacial score (nSPS) is 15.4. The third-order valence-electron chi connectivity index (χ3n) is 5.42. The van der Waals surface area contributed by atoms with Crippen LogP contribution in [0.3, 0.4) is 0 Å². The van der Waals surface area contributed by atoms with Crippen LogP contribution in [-0.2, 0) is 17.8 Å². The summed E-state index contributed by atoms with van der Waals surface area (Å²) in [5.41, 5.74) is 4.49. The third-order valence-corrected chi connectivity index (χ3v) is 6.78. The van der Waals surface area contributed by atoms with Crippen LogP contribution in [0.1, 0.15) is 17.5 Å². The molecule has 2 heterocycles. The van der Waals surface area contributed by atoms with Crippen LogP contribution in [0.15, 0.2) is 96.9 Å². The second-order valence-corrected chi connectivity index (χ2v) is 9.00. The van der Waals surface area contributed by atoms with Crippen LogP contribution >= 0.6 is 11.8 Å². The van der Waals surface area contributed by atoms with E-state index < -0.39 is 5.97 Å². The van der Waals surface area contributed by atoms with Crippen LogP contribution in [0.4, 0.5) is 4.39 Å². The van der Waals surface area contributed by atoms with Gasteiger partial charge < -0.3 is 10.0 Å². The number of pyridine rings is 1. The largest absolute Gasteiger partial charge is 0.478 e. The number of aryl methyl sites for hydroxylation is 1. The van der Waals surface area contributed by atoms with E-state index in [-0.39, 0.29) is 11.2 Å². The van der Waals surface area contributed by atoms with Crippen molar-refractivity contribution in [1.82, 2.24) is 9.88 Å². The van der Waals surface area contributed by atoms with Crippen molar-refractivity contribution in [2.45, 2.75) is 24.8 Å². The molecule has 33 heavy (non-hydrogen) atoms. The number of aromatic nitrogens is 1. The summed E-state index contributed by atoms with van der Waals surface area (Å²) in [6, 6.07) is 20.6. The molecule has 3 aromatic rings. The lowest BCUT2D eigenvalue weighted by atomic mass is 10.1. The summed E-state index contributed by atoms with van der Waals surface area (Å²) in [6.45, 7) is 0.595. The summed E-state index contributed by atoms with van der Waals surface area (Å²) in [5.74, 6) is -0.339. The Morgan fingerprint density at radius 2 is 1.91 bits per heavy atom. The van der Waals surface area contributed by atoms with Gasteiger partial charge in [0.2, 0.25) is 0 Å². The van der Waals surface area contributed by atoms with E-state index in [0.29, 0.717) is 12.1 Å². The highest BCUT2D eigenvalue weighted by Gasteiger charge is 2.27. The molecule has 0 spiro atoms. The van der Waals surface area contributed by atoms with Crippen molar-refractivity contribution in [3.63, 3.8) is 0 Å². The first kappa shape index (κ1) is 22.8. The zero-order valence-electron chi connectivity index (χ0n) is 18.1. The maximum atomic E-state index is 13.1. The molecule has 1 aliphatic heterocycles. The van der Waals surface area contributed by atoms with Crippen molar-refractivity contribution in [1.29, 1.82) is 0 Å². The van der Waals surface area contributed by atoms with Gasteiger partial charge in [0.25, 0.3) is 0 Å². The van der Waals surface area contributed by atoms with Gasteiger partial charge in [0, 0.05) is 24.5 Å². The standard InChI is InChI=1S/C27H25FN2O2S/c28-23-13-11-20(12-14-23)7-5-17-33-26-24(27(31)32)9-4-16-30(26)19-21-6-3-8-22(18-21)25-10-1-2-15-29-25/h1-4,6,8-16,18,26H,5,7,17,19H2,(H,31,32). The Morgan fingerprint density at radius 1 is 1.06 bits per heavy atom. The lowest BCUT2D eigenvalue weighted by Gasteiger charge is -2.33. The van der Waals surface area contributed by atoms with Crippen LogP contribution < -0.4 is 0 Å². The number of rotatable bonds is 9. The molecule has 0 saturated heterocycles. The van der Waals surface area contributed by atoms with Gasteiger partial charge in [-0.25, -0.2) is 9.18 Å². The van der Waals surface area contributed by atoms with E-state index in [4.69, 9.17) is 0 Å². The molecular formula is C27H25FN2O2S. The molecule has 0 saturated carbocycles. The highest BCUT2D eigenvalue weighted by molar-refractivity contribution is 8.00. The average Bonchev–Trinajstić information content (AvgIpc) is 2.84. The summed E-state index contributed by atoms with van der Waals surface area (Å²) in [4.78, 5) is 18.4. The Hall–Kier alpha value is -3.38. The molecule has 168 valence electrons. The van der Waals surface area contributed by atoms with Gasteiger partial charge in [-0.15, -0.1) is 11.8 Å². The van der Waals surface area contributed by atoms with E-state index in [1.807, 2.05) is 36.5 Å². The molecule has 6 heteroatoms. The SMILES string of the molecule is O=C(O)C1=CC=CN(Cc2cccc(-c3ccccn3)c2)C1SCCCc1ccc(F)cc1. The highest BCUT2D eigenvalue weighted by Crippen LogP contribution is 2.30. The van der Waals surface area contributed by atoms with Gasteiger partial charge in [-0.2, -0.15) is 0 Å². The summed E-state index contributed by atoms with van der Waals surface area (Å²) >= 11 is 1.62. The van der Waals surface area contributed by atoms with Crippen molar-refractivity contribution in [3.05, 3.63) is 114 Å². The Morgan fingerprint density at radius 3 is 2.67 bits per heavy atom. The fourth-order valence-corrected chi connectivity index (χ4v) is 5.02. The molecule has 0 fully saturated rings.